The minimum Gasteiger partial charge on any atom is -0.493 e. The molecule has 0 unspecified atom stereocenters. The molecule has 0 saturated heterocycles. The van der Waals surface area contributed by atoms with Gasteiger partial charge in [0.15, 0.2) is 11.5 Å². The van der Waals surface area contributed by atoms with Crippen LogP contribution < -0.4 is 14.8 Å². The first-order chi connectivity index (χ1) is 8.54. The van der Waals surface area contributed by atoms with Crippen LogP contribution in [0.1, 0.15) is 39.7 Å². The van der Waals surface area contributed by atoms with Crippen LogP contribution in [0.2, 0.25) is 0 Å². The number of hydrogen-bond acceptors (Lipinski definition) is 3. The van der Waals surface area contributed by atoms with E-state index in [1.54, 1.807) is 7.11 Å². The SMILES string of the molecule is CCOc1c(CNC(C)(C)CC)cccc1OC. The molecule has 0 spiro atoms. The van der Waals surface area contributed by atoms with Crippen LogP contribution in [0.5, 0.6) is 11.5 Å². The highest BCUT2D eigenvalue weighted by molar-refractivity contribution is 5.46. The summed E-state index contributed by atoms with van der Waals surface area (Å²) in [6.45, 7) is 10.0. The number of benzene rings is 1. The van der Waals surface area contributed by atoms with Crippen LogP contribution in [0.25, 0.3) is 0 Å². The summed E-state index contributed by atoms with van der Waals surface area (Å²) in [4.78, 5) is 0. The first kappa shape index (κ1) is 14.8. The van der Waals surface area contributed by atoms with Gasteiger partial charge in [-0.2, -0.15) is 0 Å². The highest BCUT2D eigenvalue weighted by Gasteiger charge is 2.16. The van der Waals surface area contributed by atoms with Crippen LogP contribution in [0.4, 0.5) is 0 Å². The number of ether oxygens (including phenoxy) is 2. The van der Waals surface area contributed by atoms with Crippen molar-refractivity contribution in [3.63, 3.8) is 0 Å². The van der Waals surface area contributed by atoms with Gasteiger partial charge >= 0.3 is 0 Å². The van der Waals surface area contributed by atoms with E-state index in [9.17, 15) is 0 Å². The Labute approximate surface area is 110 Å². The third kappa shape index (κ3) is 3.91. The Morgan fingerprint density at radius 2 is 1.94 bits per heavy atom. The van der Waals surface area contributed by atoms with Crippen LogP contribution >= 0.6 is 0 Å². The van der Waals surface area contributed by atoms with Gasteiger partial charge in [-0.25, -0.2) is 0 Å². The maximum Gasteiger partial charge on any atom is 0.165 e. The molecular formula is C15H25NO2. The van der Waals surface area contributed by atoms with Gasteiger partial charge in [-0.15, -0.1) is 0 Å². The zero-order chi connectivity index (χ0) is 13.6. The summed E-state index contributed by atoms with van der Waals surface area (Å²) in [5, 5.41) is 3.54. The summed E-state index contributed by atoms with van der Waals surface area (Å²) in [7, 11) is 1.67. The molecule has 3 heteroatoms. The lowest BCUT2D eigenvalue weighted by Gasteiger charge is -2.25. The zero-order valence-electron chi connectivity index (χ0n) is 12.2. The average Bonchev–Trinajstić information content (AvgIpc) is 2.38. The van der Waals surface area contributed by atoms with Crippen molar-refractivity contribution in [1.29, 1.82) is 0 Å². The van der Waals surface area contributed by atoms with E-state index in [1.807, 2.05) is 19.1 Å². The molecule has 1 N–H and O–H groups in total. The van der Waals surface area contributed by atoms with Crippen molar-refractivity contribution in [2.45, 2.75) is 46.2 Å². The van der Waals surface area contributed by atoms with E-state index in [0.29, 0.717) is 6.61 Å². The first-order valence-electron chi connectivity index (χ1n) is 6.57. The molecule has 18 heavy (non-hydrogen) atoms. The van der Waals surface area contributed by atoms with E-state index in [0.717, 1.165) is 30.0 Å². The highest BCUT2D eigenvalue weighted by atomic mass is 16.5. The third-order valence-electron chi connectivity index (χ3n) is 3.21. The summed E-state index contributed by atoms with van der Waals surface area (Å²) in [5.41, 5.74) is 1.27. The molecular weight excluding hydrogens is 226 g/mol. The molecule has 1 aromatic rings. The topological polar surface area (TPSA) is 30.5 Å². The number of nitrogens with one attached hydrogen (secondary N) is 1. The minimum absolute atomic E-state index is 0.132. The van der Waals surface area contributed by atoms with E-state index in [2.05, 4.69) is 32.2 Å². The third-order valence-corrected chi connectivity index (χ3v) is 3.21. The van der Waals surface area contributed by atoms with Gasteiger partial charge in [0, 0.05) is 17.6 Å². The summed E-state index contributed by atoms with van der Waals surface area (Å²) in [6, 6.07) is 6.00. The number of hydrogen-bond donors (Lipinski definition) is 1. The second-order valence-corrected chi connectivity index (χ2v) is 4.97. The van der Waals surface area contributed by atoms with Crippen molar-refractivity contribution in [3.05, 3.63) is 23.8 Å². The molecule has 0 atom stereocenters. The Morgan fingerprint density at radius 3 is 2.50 bits per heavy atom. The molecule has 1 rings (SSSR count). The predicted molar refractivity (Wildman–Crippen MR) is 75.4 cm³/mol. The normalized spacial score (nSPS) is 11.4. The monoisotopic (exact) mass is 251 g/mol. The lowest BCUT2D eigenvalue weighted by atomic mass is 10.0. The molecule has 0 radical (unpaired) electrons. The molecule has 0 saturated carbocycles. The van der Waals surface area contributed by atoms with Gasteiger partial charge in [0.1, 0.15) is 0 Å². The van der Waals surface area contributed by atoms with Crippen molar-refractivity contribution >= 4 is 0 Å². The van der Waals surface area contributed by atoms with Gasteiger partial charge in [0.2, 0.25) is 0 Å². The second kappa shape index (κ2) is 6.64. The lowest BCUT2D eigenvalue weighted by Crippen LogP contribution is -2.37. The fourth-order valence-electron chi connectivity index (χ4n) is 1.63. The molecule has 0 aliphatic rings. The van der Waals surface area contributed by atoms with E-state index in [4.69, 9.17) is 9.47 Å². The average molecular weight is 251 g/mol. The van der Waals surface area contributed by atoms with Gasteiger partial charge in [0.05, 0.1) is 13.7 Å². The summed E-state index contributed by atoms with van der Waals surface area (Å²) in [6.07, 6.45) is 1.08. The van der Waals surface area contributed by atoms with Crippen molar-refractivity contribution in [2.24, 2.45) is 0 Å². The lowest BCUT2D eigenvalue weighted by molar-refractivity contribution is 0.303. The summed E-state index contributed by atoms with van der Waals surface area (Å²) < 4.78 is 11.0. The van der Waals surface area contributed by atoms with E-state index in [-0.39, 0.29) is 5.54 Å². The van der Waals surface area contributed by atoms with Crippen LogP contribution in [-0.2, 0) is 6.54 Å². The molecule has 102 valence electrons. The van der Waals surface area contributed by atoms with Crippen LogP contribution in [0, 0.1) is 0 Å². The first-order valence-corrected chi connectivity index (χ1v) is 6.57. The van der Waals surface area contributed by atoms with Crippen molar-refractivity contribution in [2.75, 3.05) is 13.7 Å². The molecule has 0 fully saturated rings. The minimum atomic E-state index is 0.132. The number of rotatable bonds is 7. The van der Waals surface area contributed by atoms with E-state index < -0.39 is 0 Å². The largest absolute Gasteiger partial charge is 0.493 e. The summed E-state index contributed by atoms with van der Waals surface area (Å²) >= 11 is 0. The molecule has 0 amide bonds. The van der Waals surface area contributed by atoms with E-state index in [1.165, 1.54) is 0 Å². The van der Waals surface area contributed by atoms with Crippen molar-refractivity contribution in [3.8, 4) is 11.5 Å². The number of methoxy groups -OCH3 is 1. The molecule has 0 aromatic heterocycles. The molecule has 3 nitrogen and oxygen atoms in total. The van der Waals surface area contributed by atoms with E-state index >= 15 is 0 Å². The number of para-hydroxylation sites is 1. The zero-order valence-corrected chi connectivity index (χ0v) is 12.2. The maximum atomic E-state index is 5.69. The quantitative estimate of drug-likeness (QED) is 0.806. The Morgan fingerprint density at radius 1 is 1.22 bits per heavy atom. The van der Waals surface area contributed by atoms with Crippen LogP contribution in [0.3, 0.4) is 0 Å². The van der Waals surface area contributed by atoms with Gasteiger partial charge in [0.25, 0.3) is 0 Å². The van der Waals surface area contributed by atoms with Crippen LogP contribution in [0.15, 0.2) is 18.2 Å². The van der Waals surface area contributed by atoms with Gasteiger partial charge in [-0.3, -0.25) is 0 Å². The maximum absolute atomic E-state index is 5.69. The molecule has 0 heterocycles. The van der Waals surface area contributed by atoms with Gasteiger partial charge in [-0.1, -0.05) is 19.1 Å². The Balaban J connectivity index is 2.87. The fraction of sp³-hybridized carbons (Fsp3) is 0.600. The standard InChI is InChI=1S/C15H25NO2/c1-6-15(3,4)16-11-12-9-8-10-13(17-5)14(12)18-7-2/h8-10,16H,6-7,11H2,1-5H3. The summed E-state index contributed by atoms with van der Waals surface area (Å²) in [5.74, 6) is 1.65. The Hall–Kier alpha value is -1.22. The Kier molecular flexibility index (Phi) is 5.48. The molecule has 1 aromatic carbocycles. The Bertz CT molecular complexity index is 375. The fourth-order valence-corrected chi connectivity index (χ4v) is 1.63. The van der Waals surface area contributed by atoms with Gasteiger partial charge in [-0.05, 0) is 33.3 Å². The van der Waals surface area contributed by atoms with Crippen molar-refractivity contribution in [1.82, 2.24) is 5.32 Å². The smallest absolute Gasteiger partial charge is 0.165 e. The highest BCUT2D eigenvalue weighted by Crippen LogP contribution is 2.31. The molecule has 0 aliphatic heterocycles. The second-order valence-electron chi connectivity index (χ2n) is 4.97. The van der Waals surface area contributed by atoms with Crippen LogP contribution in [-0.4, -0.2) is 19.3 Å². The van der Waals surface area contributed by atoms with Gasteiger partial charge < -0.3 is 14.8 Å². The molecule has 0 bridgehead atoms. The van der Waals surface area contributed by atoms with Crippen molar-refractivity contribution < 1.29 is 9.47 Å². The predicted octanol–water partition coefficient (Wildman–Crippen LogP) is 3.37. The molecule has 0 aliphatic carbocycles.